The Hall–Kier alpha value is -2.90. The molecule has 0 bridgehead atoms. The standard InChI is InChI=1S/C17H14F4N2O2/c18-11-3-1-10(2-4-11)7-8-22-14(24)9-15(25)23-13-6-5-12(19)16(20)17(13)21/h1-6H,7-9H2,(H,22,24)(H,23,25). The molecule has 2 aromatic carbocycles. The molecular formula is C17H14F4N2O2. The number of rotatable bonds is 6. The summed E-state index contributed by atoms with van der Waals surface area (Å²) in [5.74, 6) is -6.48. The van der Waals surface area contributed by atoms with E-state index in [1.807, 2.05) is 5.32 Å². The molecule has 2 N–H and O–H groups in total. The predicted octanol–water partition coefficient (Wildman–Crippen LogP) is 2.93. The second-order valence-electron chi connectivity index (χ2n) is 5.17. The number of nitrogens with one attached hydrogen (secondary N) is 2. The third-order valence-corrected chi connectivity index (χ3v) is 3.28. The fourth-order valence-corrected chi connectivity index (χ4v) is 2.02. The highest BCUT2D eigenvalue weighted by Crippen LogP contribution is 2.19. The molecule has 0 unspecified atom stereocenters. The summed E-state index contributed by atoms with van der Waals surface area (Å²) in [7, 11) is 0. The van der Waals surface area contributed by atoms with E-state index in [-0.39, 0.29) is 12.4 Å². The number of carbonyl (C=O) groups excluding carboxylic acids is 2. The van der Waals surface area contributed by atoms with E-state index in [1.165, 1.54) is 12.1 Å². The molecule has 4 nitrogen and oxygen atoms in total. The Kier molecular flexibility index (Phi) is 6.10. The van der Waals surface area contributed by atoms with Crippen molar-refractivity contribution in [2.24, 2.45) is 0 Å². The zero-order valence-corrected chi connectivity index (χ0v) is 12.9. The van der Waals surface area contributed by atoms with Gasteiger partial charge < -0.3 is 10.6 Å². The van der Waals surface area contributed by atoms with Crippen LogP contribution in [0.25, 0.3) is 0 Å². The van der Waals surface area contributed by atoms with Crippen LogP contribution in [0.2, 0.25) is 0 Å². The molecule has 2 aromatic rings. The Labute approximate surface area is 140 Å². The molecule has 0 saturated heterocycles. The van der Waals surface area contributed by atoms with Crippen LogP contribution in [0.5, 0.6) is 0 Å². The van der Waals surface area contributed by atoms with Crippen molar-refractivity contribution in [3.63, 3.8) is 0 Å². The van der Waals surface area contributed by atoms with Crippen molar-refractivity contribution in [1.29, 1.82) is 0 Å². The van der Waals surface area contributed by atoms with Gasteiger partial charge in [-0.05, 0) is 36.2 Å². The predicted molar refractivity (Wildman–Crippen MR) is 82.7 cm³/mol. The third-order valence-electron chi connectivity index (χ3n) is 3.28. The molecule has 25 heavy (non-hydrogen) atoms. The number of benzene rings is 2. The molecule has 0 heterocycles. The van der Waals surface area contributed by atoms with Crippen molar-refractivity contribution in [3.8, 4) is 0 Å². The Bertz CT molecular complexity index is 779. The van der Waals surface area contributed by atoms with Crippen molar-refractivity contribution < 1.29 is 27.2 Å². The molecule has 0 spiro atoms. The second kappa shape index (κ2) is 8.27. The van der Waals surface area contributed by atoms with E-state index in [1.54, 1.807) is 12.1 Å². The Morgan fingerprint density at radius 3 is 2.20 bits per heavy atom. The zero-order valence-electron chi connectivity index (χ0n) is 12.9. The van der Waals surface area contributed by atoms with E-state index in [9.17, 15) is 27.2 Å². The molecule has 0 aliphatic rings. The summed E-state index contributed by atoms with van der Waals surface area (Å²) in [5.41, 5.74) is 0.248. The van der Waals surface area contributed by atoms with Gasteiger partial charge in [0, 0.05) is 6.54 Å². The topological polar surface area (TPSA) is 58.2 Å². The minimum absolute atomic E-state index is 0.220. The molecule has 0 aliphatic carbocycles. The average molecular weight is 354 g/mol. The second-order valence-corrected chi connectivity index (χ2v) is 5.17. The van der Waals surface area contributed by atoms with E-state index in [0.29, 0.717) is 12.5 Å². The van der Waals surface area contributed by atoms with Gasteiger partial charge in [0.05, 0.1) is 5.69 Å². The highest BCUT2D eigenvalue weighted by molar-refractivity contribution is 6.03. The molecule has 8 heteroatoms. The summed E-state index contributed by atoms with van der Waals surface area (Å²) in [6.07, 6.45) is -0.173. The van der Waals surface area contributed by atoms with Crippen LogP contribution in [0.4, 0.5) is 23.2 Å². The zero-order chi connectivity index (χ0) is 18.4. The molecule has 2 rings (SSSR count). The quantitative estimate of drug-likeness (QED) is 0.476. The Morgan fingerprint density at radius 1 is 0.840 bits per heavy atom. The van der Waals surface area contributed by atoms with Crippen LogP contribution in [-0.2, 0) is 16.0 Å². The van der Waals surface area contributed by atoms with Gasteiger partial charge in [0.15, 0.2) is 17.5 Å². The minimum atomic E-state index is -1.71. The number of amides is 2. The van der Waals surface area contributed by atoms with Crippen molar-refractivity contribution in [1.82, 2.24) is 5.32 Å². The highest BCUT2D eigenvalue weighted by Gasteiger charge is 2.16. The van der Waals surface area contributed by atoms with Crippen LogP contribution < -0.4 is 10.6 Å². The van der Waals surface area contributed by atoms with Gasteiger partial charge in [0.25, 0.3) is 0 Å². The fourth-order valence-electron chi connectivity index (χ4n) is 2.02. The monoisotopic (exact) mass is 354 g/mol. The first-order chi connectivity index (χ1) is 11.9. The van der Waals surface area contributed by atoms with E-state index in [4.69, 9.17) is 0 Å². The largest absolute Gasteiger partial charge is 0.355 e. The third kappa shape index (κ3) is 5.30. The van der Waals surface area contributed by atoms with E-state index < -0.39 is 41.4 Å². The van der Waals surface area contributed by atoms with Gasteiger partial charge in [-0.25, -0.2) is 17.6 Å². The summed E-state index contributed by atoms with van der Waals surface area (Å²) in [6.45, 7) is 0.220. The average Bonchev–Trinajstić information content (AvgIpc) is 2.57. The molecule has 0 aliphatic heterocycles. The Balaban J connectivity index is 1.79. The Morgan fingerprint density at radius 2 is 1.52 bits per heavy atom. The summed E-state index contributed by atoms with van der Waals surface area (Å²) in [4.78, 5) is 23.3. The normalized spacial score (nSPS) is 10.4. The SMILES string of the molecule is O=C(CC(=O)Nc1ccc(F)c(F)c1F)NCCc1ccc(F)cc1. The first-order valence-electron chi connectivity index (χ1n) is 7.31. The lowest BCUT2D eigenvalue weighted by molar-refractivity contribution is -0.126. The lowest BCUT2D eigenvalue weighted by Crippen LogP contribution is -2.29. The molecule has 2 amide bonds. The van der Waals surface area contributed by atoms with Crippen molar-refractivity contribution in [3.05, 3.63) is 65.2 Å². The van der Waals surface area contributed by atoms with Gasteiger partial charge in [-0.1, -0.05) is 12.1 Å². The summed E-state index contributed by atoms with van der Waals surface area (Å²) in [5, 5.41) is 4.48. The first-order valence-corrected chi connectivity index (χ1v) is 7.31. The maximum absolute atomic E-state index is 13.4. The van der Waals surface area contributed by atoms with Crippen LogP contribution in [0.1, 0.15) is 12.0 Å². The van der Waals surface area contributed by atoms with Gasteiger partial charge in [0.1, 0.15) is 12.2 Å². The van der Waals surface area contributed by atoms with Crippen molar-refractivity contribution >= 4 is 17.5 Å². The van der Waals surface area contributed by atoms with Crippen LogP contribution in [0, 0.1) is 23.3 Å². The molecular weight excluding hydrogens is 340 g/mol. The summed E-state index contributed by atoms with van der Waals surface area (Å²) < 4.78 is 52.0. The summed E-state index contributed by atoms with van der Waals surface area (Å²) >= 11 is 0. The number of halogens is 4. The van der Waals surface area contributed by atoms with Crippen LogP contribution in [-0.4, -0.2) is 18.4 Å². The number of carbonyl (C=O) groups is 2. The molecule has 132 valence electrons. The highest BCUT2D eigenvalue weighted by atomic mass is 19.2. The van der Waals surface area contributed by atoms with Gasteiger partial charge in [-0.2, -0.15) is 0 Å². The molecule has 0 radical (unpaired) electrons. The maximum Gasteiger partial charge on any atom is 0.233 e. The van der Waals surface area contributed by atoms with Crippen molar-refractivity contribution in [2.45, 2.75) is 12.8 Å². The van der Waals surface area contributed by atoms with Crippen LogP contribution in [0.3, 0.4) is 0 Å². The number of hydrogen-bond acceptors (Lipinski definition) is 2. The lowest BCUT2D eigenvalue weighted by atomic mass is 10.1. The van der Waals surface area contributed by atoms with Gasteiger partial charge >= 0.3 is 0 Å². The van der Waals surface area contributed by atoms with Gasteiger partial charge in [0.2, 0.25) is 11.8 Å². The molecule has 0 atom stereocenters. The molecule has 0 aromatic heterocycles. The van der Waals surface area contributed by atoms with E-state index >= 15 is 0 Å². The van der Waals surface area contributed by atoms with E-state index in [0.717, 1.165) is 11.6 Å². The van der Waals surface area contributed by atoms with E-state index in [2.05, 4.69) is 5.32 Å². The number of hydrogen-bond donors (Lipinski definition) is 2. The molecule has 0 fully saturated rings. The smallest absolute Gasteiger partial charge is 0.233 e. The van der Waals surface area contributed by atoms with Crippen LogP contribution >= 0.6 is 0 Å². The maximum atomic E-state index is 13.4. The van der Waals surface area contributed by atoms with Crippen LogP contribution in [0.15, 0.2) is 36.4 Å². The van der Waals surface area contributed by atoms with Crippen molar-refractivity contribution in [2.75, 3.05) is 11.9 Å². The minimum Gasteiger partial charge on any atom is -0.355 e. The molecule has 0 saturated carbocycles. The first kappa shape index (κ1) is 18.4. The lowest BCUT2D eigenvalue weighted by Gasteiger charge is -2.08. The summed E-state index contributed by atoms with van der Waals surface area (Å²) in [6, 6.07) is 7.25. The number of anilines is 1. The van der Waals surface area contributed by atoms with Gasteiger partial charge in [-0.15, -0.1) is 0 Å². The van der Waals surface area contributed by atoms with Gasteiger partial charge in [-0.3, -0.25) is 9.59 Å². The fraction of sp³-hybridized carbons (Fsp3) is 0.176.